The average molecular weight is 440 g/mol. The zero-order valence-electron chi connectivity index (χ0n) is 10.3. The standard InChI is InChI=1S/C12H12Br2N2O2S2/c13-9-3-4-19-11(9)7-16-20(17,18)12-5-8(6-15)1-2-10(12)14/h1-5,16H,6-7,15H2. The molecule has 1 heterocycles. The monoisotopic (exact) mass is 438 g/mol. The maximum absolute atomic E-state index is 12.3. The minimum Gasteiger partial charge on any atom is -0.326 e. The van der Waals surface area contributed by atoms with Crippen LogP contribution in [-0.2, 0) is 23.1 Å². The first-order chi connectivity index (χ1) is 9.44. The van der Waals surface area contributed by atoms with Crippen LogP contribution in [-0.4, -0.2) is 8.42 Å². The van der Waals surface area contributed by atoms with Gasteiger partial charge in [-0.25, -0.2) is 13.1 Å². The predicted molar refractivity (Wildman–Crippen MR) is 88.1 cm³/mol. The van der Waals surface area contributed by atoms with Crippen molar-refractivity contribution in [3.63, 3.8) is 0 Å². The van der Waals surface area contributed by atoms with E-state index in [1.807, 2.05) is 11.4 Å². The van der Waals surface area contributed by atoms with Crippen molar-refractivity contribution in [3.05, 3.63) is 49.0 Å². The van der Waals surface area contributed by atoms with Crippen molar-refractivity contribution in [2.24, 2.45) is 5.73 Å². The molecule has 0 unspecified atom stereocenters. The molecule has 108 valence electrons. The summed E-state index contributed by atoms with van der Waals surface area (Å²) in [5.74, 6) is 0. The van der Waals surface area contributed by atoms with Gasteiger partial charge in [-0.3, -0.25) is 0 Å². The van der Waals surface area contributed by atoms with E-state index in [2.05, 4.69) is 36.6 Å². The average Bonchev–Trinajstić information content (AvgIpc) is 2.82. The summed E-state index contributed by atoms with van der Waals surface area (Å²) in [6, 6.07) is 6.95. The molecule has 0 saturated heterocycles. The van der Waals surface area contributed by atoms with Crippen LogP contribution in [0.2, 0.25) is 0 Å². The number of hydrogen-bond donors (Lipinski definition) is 2. The van der Waals surface area contributed by atoms with E-state index in [-0.39, 0.29) is 11.4 Å². The van der Waals surface area contributed by atoms with Crippen LogP contribution in [0.15, 0.2) is 43.5 Å². The third kappa shape index (κ3) is 3.69. The van der Waals surface area contributed by atoms with Crippen LogP contribution in [0.3, 0.4) is 0 Å². The highest BCUT2D eigenvalue weighted by Crippen LogP contribution is 2.25. The Hall–Kier alpha value is -0.250. The molecule has 0 amide bonds. The van der Waals surface area contributed by atoms with E-state index in [0.717, 1.165) is 14.9 Å². The Morgan fingerprint density at radius 3 is 2.55 bits per heavy atom. The van der Waals surface area contributed by atoms with E-state index in [0.29, 0.717) is 11.0 Å². The van der Waals surface area contributed by atoms with Crippen LogP contribution in [0.5, 0.6) is 0 Å². The van der Waals surface area contributed by atoms with Gasteiger partial charge in [0.2, 0.25) is 10.0 Å². The number of sulfonamides is 1. The maximum Gasteiger partial charge on any atom is 0.242 e. The Morgan fingerprint density at radius 1 is 1.20 bits per heavy atom. The summed E-state index contributed by atoms with van der Waals surface area (Å²) in [7, 11) is -3.58. The first kappa shape index (κ1) is 16.1. The molecule has 0 fully saturated rings. The normalized spacial score (nSPS) is 11.8. The molecular weight excluding hydrogens is 428 g/mol. The molecule has 8 heteroatoms. The van der Waals surface area contributed by atoms with Gasteiger partial charge in [-0.05, 0) is 61.0 Å². The number of halogens is 2. The molecule has 0 bridgehead atoms. The van der Waals surface area contributed by atoms with Crippen molar-refractivity contribution >= 4 is 53.2 Å². The van der Waals surface area contributed by atoms with E-state index in [4.69, 9.17) is 5.73 Å². The third-order valence-electron chi connectivity index (χ3n) is 2.63. The van der Waals surface area contributed by atoms with Crippen molar-refractivity contribution in [3.8, 4) is 0 Å². The molecule has 0 aliphatic rings. The van der Waals surface area contributed by atoms with Gasteiger partial charge in [-0.2, -0.15) is 0 Å². The molecule has 0 spiro atoms. The van der Waals surface area contributed by atoms with Gasteiger partial charge in [-0.1, -0.05) is 6.07 Å². The summed E-state index contributed by atoms with van der Waals surface area (Å²) in [4.78, 5) is 1.13. The lowest BCUT2D eigenvalue weighted by molar-refractivity contribution is 0.581. The van der Waals surface area contributed by atoms with Gasteiger partial charge >= 0.3 is 0 Å². The summed E-state index contributed by atoms with van der Waals surface area (Å²) < 4.78 is 28.7. The van der Waals surface area contributed by atoms with Gasteiger partial charge in [0.1, 0.15) is 0 Å². The van der Waals surface area contributed by atoms with Gasteiger partial charge in [0.15, 0.2) is 0 Å². The largest absolute Gasteiger partial charge is 0.326 e. The molecule has 1 aromatic carbocycles. The number of rotatable bonds is 5. The van der Waals surface area contributed by atoms with Crippen molar-refractivity contribution in [1.82, 2.24) is 4.72 Å². The number of nitrogens with one attached hydrogen (secondary N) is 1. The summed E-state index contributed by atoms with van der Waals surface area (Å²) in [6.07, 6.45) is 0. The van der Waals surface area contributed by atoms with Crippen LogP contribution in [0.4, 0.5) is 0 Å². The minimum absolute atomic E-state index is 0.202. The molecule has 0 radical (unpaired) electrons. The summed E-state index contributed by atoms with van der Waals surface area (Å²) in [5, 5.41) is 1.90. The summed E-state index contributed by atoms with van der Waals surface area (Å²) >= 11 is 8.13. The Balaban J connectivity index is 2.24. The van der Waals surface area contributed by atoms with E-state index < -0.39 is 10.0 Å². The first-order valence-electron chi connectivity index (χ1n) is 5.64. The topological polar surface area (TPSA) is 72.2 Å². The van der Waals surface area contributed by atoms with Crippen molar-refractivity contribution in [2.45, 2.75) is 18.0 Å². The maximum atomic E-state index is 12.3. The van der Waals surface area contributed by atoms with E-state index in [9.17, 15) is 8.42 Å². The molecule has 1 aromatic heterocycles. The Kier molecular flexibility index (Phi) is 5.38. The van der Waals surface area contributed by atoms with Gasteiger partial charge in [0.05, 0.1) is 4.90 Å². The molecule has 20 heavy (non-hydrogen) atoms. The molecule has 0 saturated carbocycles. The molecule has 3 N–H and O–H groups in total. The van der Waals surface area contributed by atoms with Crippen LogP contribution in [0, 0.1) is 0 Å². The molecule has 4 nitrogen and oxygen atoms in total. The van der Waals surface area contributed by atoms with Crippen LogP contribution < -0.4 is 10.5 Å². The highest BCUT2D eigenvalue weighted by molar-refractivity contribution is 9.10. The fourth-order valence-electron chi connectivity index (χ4n) is 1.57. The lowest BCUT2D eigenvalue weighted by Crippen LogP contribution is -2.23. The van der Waals surface area contributed by atoms with Gasteiger partial charge in [0, 0.05) is 26.9 Å². The SMILES string of the molecule is NCc1ccc(Br)c(S(=O)(=O)NCc2sccc2Br)c1. The van der Waals surface area contributed by atoms with Gasteiger partial charge < -0.3 is 5.73 Å². The first-order valence-corrected chi connectivity index (χ1v) is 9.59. The third-order valence-corrected chi connectivity index (χ3v) is 6.96. The number of benzene rings is 1. The molecule has 0 aliphatic carbocycles. The molecular formula is C12H12Br2N2O2S2. The molecule has 0 aliphatic heterocycles. The van der Waals surface area contributed by atoms with E-state index in [1.54, 1.807) is 18.2 Å². The van der Waals surface area contributed by atoms with E-state index >= 15 is 0 Å². The van der Waals surface area contributed by atoms with Crippen molar-refractivity contribution in [2.75, 3.05) is 0 Å². The Labute approximate surface area is 138 Å². The lowest BCUT2D eigenvalue weighted by Gasteiger charge is -2.09. The van der Waals surface area contributed by atoms with Gasteiger partial charge in [0.25, 0.3) is 0 Å². The predicted octanol–water partition coefficient (Wildman–Crippen LogP) is 3.21. The molecule has 2 aromatic rings. The second-order valence-corrected chi connectivity index (χ2v) is 8.43. The quantitative estimate of drug-likeness (QED) is 0.751. The fraction of sp³-hybridized carbons (Fsp3) is 0.167. The van der Waals surface area contributed by atoms with Crippen molar-refractivity contribution in [1.29, 1.82) is 0 Å². The summed E-state index contributed by atoms with van der Waals surface area (Å²) in [6.45, 7) is 0.548. The lowest BCUT2D eigenvalue weighted by atomic mass is 10.2. The van der Waals surface area contributed by atoms with E-state index in [1.165, 1.54) is 11.3 Å². The second kappa shape index (κ2) is 6.67. The number of nitrogens with two attached hydrogens (primary N) is 1. The Bertz CT molecular complexity index is 714. The highest BCUT2D eigenvalue weighted by atomic mass is 79.9. The van der Waals surface area contributed by atoms with Gasteiger partial charge in [-0.15, -0.1) is 11.3 Å². The molecule has 2 rings (SSSR count). The van der Waals surface area contributed by atoms with Crippen LogP contribution >= 0.6 is 43.2 Å². The molecule has 0 atom stereocenters. The zero-order valence-corrected chi connectivity index (χ0v) is 15.1. The highest BCUT2D eigenvalue weighted by Gasteiger charge is 2.18. The Morgan fingerprint density at radius 2 is 1.95 bits per heavy atom. The van der Waals surface area contributed by atoms with Crippen LogP contribution in [0.1, 0.15) is 10.4 Å². The second-order valence-electron chi connectivity index (χ2n) is 3.99. The fourth-order valence-corrected chi connectivity index (χ4v) is 5.10. The smallest absolute Gasteiger partial charge is 0.242 e. The number of thiophene rings is 1. The minimum atomic E-state index is -3.58. The number of hydrogen-bond acceptors (Lipinski definition) is 4. The van der Waals surface area contributed by atoms with Crippen LogP contribution in [0.25, 0.3) is 0 Å². The zero-order chi connectivity index (χ0) is 14.8. The summed E-state index contributed by atoms with van der Waals surface area (Å²) in [5.41, 5.74) is 6.32. The van der Waals surface area contributed by atoms with Crippen molar-refractivity contribution < 1.29 is 8.42 Å².